The first-order chi connectivity index (χ1) is 16.8. The number of nitro benzene ring substituents is 1. The number of benzene rings is 3. The van der Waals surface area contributed by atoms with Crippen molar-refractivity contribution < 1.29 is 14.8 Å². The summed E-state index contributed by atoms with van der Waals surface area (Å²) in [5, 5.41) is 20.8. The lowest BCUT2D eigenvalue weighted by atomic mass is 9.86. The van der Waals surface area contributed by atoms with Crippen molar-refractivity contribution in [2.75, 3.05) is 6.54 Å². The maximum atomic E-state index is 11.0. The molecule has 0 heterocycles. The second-order valence-corrected chi connectivity index (χ2v) is 9.42. The minimum absolute atomic E-state index is 0.0404. The average Bonchev–Trinajstić information content (AvgIpc) is 2.85. The number of nitro groups is 1. The molecule has 1 atom stereocenters. The Hall–Kier alpha value is -3.22. The lowest BCUT2D eigenvalue weighted by Crippen LogP contribution is -2.38. The zero-order valence-corrected chi connectivity index (χ0v) is 21.1. The lowest BCUT2D eigenvalue weighted by Gasteiger charge is -2.32. The molecule has 0 amide bonds. The van der Waals surface area contributed by atoms with E-state index in [1.165, 1.54) is 17.7 Å². The normalized spacial score (nSPS) is 12.3. The van der Waals surface area contributed by atoms with Gasteiger partial charge >= 0.3 is 0 Å². The Bertz CT molecular complexity index is 1070. The fourth-order valence-corrected chi connectivity index (χ4v) is 4.55. The van der Waals surface area contributed by atoms with Gasteiger partial charge in [-0.3, -0.25) is 15.0 Å². The molecule has 0 saturated carbocycles. The molecule has 6 heteroatoms. The second kappa shape index (κ2) is 12.5. The molecule has 1 N–H and O–H groups in total. The monoisotopic (exact) mass is 476 g/mol. The number of aliphatic hydroxyl groups is 1. The zero-order valence-electron chi connectivity index (χ0n) is 21.1. The van der Waals surface area contributed by atoms with E-state index in [0.717, 1.165) is 35.4 Å². The van der Waals surface area contributed by atoms with Crippen LogP contribution < -0.4 is 4.74 Å². The van der Waals surface area contributed by atoms with Gasteiger partial charge in [-0.2, -0.15) is 0 Å². The van der Waals surface area contributed by atoms with Crippen LogP contribution in [0.4, 0.5) is 5.69 Å². The number of non-ortho nitro benzene ring substituents is 1. The number of hydrogen-bond acceptors (Lipinski definition) is 5. The van der Waals surface area contributed by atoms with Gasteiger partial charge in [0.05, 0.1) is 11.5 Å². The van der Waals surface area contributed by atoms with E-state index >= 15 is 0 Å². The smallest absolute Gasteiger partial charge is 0.269 e. The van der Waals surface area contributed by atoms with Crippen LogP contribution in [0, 0.1) is 10.1 Å². The largest absolute Gasteiger partial charge is 0.489 e. The molecule has 35 heavy (non-hydrogen) atoms. The van der Waals surface area contributed by atoms with E-state index in [1.807, 2.05) is 24.3 Å². The van der Waals surface area contributed by atoms with Crippen LogP contribution in [0.2, 0.25) is 0 Å². The fraction of sp³-hybridized carbons (Fsp3) is 0.379. The van der Waals surface area contributed by atoms with Gasteiger partial charge in [0.2, 0.25) is 0 Å². The molecule has 3 rings (SSSR count). The Balaban J connectivity index is 1.92. The van der Waals surface area contributed by atoms with Crippen LogP contribution in [0.25, 0.3) is 0 Å². The summed E-state index contributed by atoms with van der Waals surface area (Å²) >= 11 is 0. The SMILES string of the molecule is CC(C)N(CC[C@H](c1ccccc1)c1cc(CO)ccc1OCc1ccc([N+](=O)[O-])cc1)C(C)C. The molecule has 6 nitrogen and oxygen atoms in total. The summed E-state index contributed by atoms with van der Waals surface area (Å²) in [5.74, 6) is 0.851. The minimum Gasteiger partial charge on any atom is -0.489 e. The van der Waals surface area contributed by atoms with Crippen molar-refractivity contribution in [3.05, 3.63) is 105 Å². The third kappa shape index (κ3) is 7.13. The first kappa shape index (κ1) is 26.4. The zero-order chi connectivity index (χ0) is 25.4. The van der Waals surface area contributed by atoms with E-state index in [-0.39, 0.29) is 18.2 Å². The summed E-state index contributed by atoms with van der Waals surface area (Å²) < 4.78 is 6.26. The van der Waals surface area contributed by atoms with E-state index < -0.39 is 4.92 Å². The van der Waals surface area contributed by atoms with Gasteiger partial charge in [-0.25, -0.2) is 0 Å². The predicted molar refractivity (Wildman–Crippen MR) is 140 cm³/mol. The van der Waals surface area contributed by atoms with Crippen LogP contribution >= 0.6 is 0 Å². The third-order valence-electron chi connectivity index (χ3n) is 6.38. The molecule has 0 aliphatic carbocycles. The Morgan fingerprint density at radius 1 is 0.914 bits per heavy atom. The summed E-state index contributed by atoms with van der Waals surface area (Å²) in [6.45, 7) is 10.1. The number of rotatable bonds is 12. The summed E-state index contributed by atoms with van der Waals surface area (Å²) in [6, 6.07) is 23.6. The van der Waals surface area contributed by atoms with E-state index in [0.29, 0.717) is 18.7 Å². The molecule has 0 radical (unpaired) electrons. The average molecular weight is 477 g/mol. The molecule has 3 aromatic carbocycles. The summed E-state index contributed by atoms with van der Waals surface area (Å²) in [6.07, 6.45) is 0.906. The molecule has 0 saturated heterocycles. The molecular formula is C29H36N2O4. The van der Waals surface area contributed by atoms with Crippen LogP contribution in [0.15, 0.2) is 72.8 Å². The Morgan fingerprint density at radius 2 is 1.54 bits per heavy atom. The number of ether oxygens (including phenoxy) is 1. The summed E-state index contributed by atoms with van der Waals surface area (Å²) in [4.78, 5) is 13.0. The van der Waals surface area contributed by atoms with Gasteiger partial charge in [0.15, 0.2) is 0 Å². The maximum absolute atomic E-state index is 11.0. The molecule has 0 unspecified atom stereocenters. The van der Waals surface area contributed by atoms with Crippen LogP contribution in [0.1, 0.15) is 62.3 Å². The van der Waals surface area contributed by atoms with Crippen molar-refractivity contribution in [2.24, 2.45) is 0 Å². The molecule has 0 bridgehead atoms. The van der Waals surface area contributed by atoms with Gasteiger partial charge < -0.3 is 9.84 Å². The van der Waals surface area contributed by atoms with E-state index in [1.54, 1.807) is 12.1 Å². The Labute approximate surface area is 208 Å². The lowest BCUT2D eigenvalue weighted by molar-refractivity contribution is -0.384. The highest BCUT2D eigenvalue weighted by molar-refractivity contribution is 5.45. The maximum Gasteiger partial charge on any atom is 0.269 e. The van der Waals surface area contributed by atoms with E-state index in [4.69, 9.17) is 4.74 Å². The second-order valence-electron chi connectivity index (χ2n) is 9.42. The highest BCUT2D eigenvalue weighted by Crippen LogP contribution is 2.36. The van der Waals surface area contributed by atoms with Gasteiger partial charge in [0.25, 0.3) is 5.69 Å². The van der Waals surface area contributed by atoms with Gasteiger partial charge in [-0.05, 0) is 81.6 Å². The highest BCUT2D eigenvalue weighted by Gasteiger charge is 2.22. The molecular weight excluding hydrogens is 440 g/mol. The molecule has 186 valence electrons. The fourth-order valence-electron chi connectivity index (χ4n) is 4.55. The van der Waals surface area contributed by atoms with Crippen LogP contribution in [-0.4, -0.2) is 33.6 Å². The molecule has 3 aromatic rings. The highest BCUT2D eigenvalue weighted by atomic mass is 16.6. The van der Waals surface area contributed by atoms with Crippen molar-refractivity contribution in [3.8, 4) is 5.75 Å². The first-order valence-corrected chi connectivity index (χ1v) is 12.2. The molecule has 0 spiro atoms. The first-order valence-electron chi connectivity index (χ1n) is 12.2. The molecule has 0 fully saturated rings. The van der Waals surface area contributed by atoms with Crippen molar-refractivity contribution in [1.82, 2.24) is 4.90 Å². The van der Waals surface area contributed by atoms with Crippen LogP contribution in [-0.2, 0) is 13.2 Å². The topological polar surface area (TPSA) is 75.8 Å². The summed E-state index contributed by atoms with van der Waals surface area (Å²) in [7, 11) is 0. The van der Waals surface area contributed by atoms with Crippen LogP contribution in [0.5, 0.6) is 5.75 Å². The van der Waals surface area contributed by atoms with Crippen molar-refractivity contribution in [2.45, 2.75) is 65.3 Å². The number of nitrogens with zero attached hydrogens (tertiary/aromatic N) is 2. The Kier molecular flexibility index (Phi) is 9.40. The number of aliphatic hydroxyl groups excluding tert-OH is 1. The minimum atomic E-state index is -0.404. The van der Waals surface area contributed by atoms with Crippen molar-refractivity contribution >= 4 is 5.69 Å². The van der Waals surface area contributed by atoms with E-state index in [9.17, 15) is 15.2 Å². The van der Waals surface area contributed by atoms with Crippen molar-refractivity contribution in [3.63, 3.8) is 0 Å². The van der Waals surface area contributed by atoms with Crippen LogP contribution in [0.3, 0.4) is 0 Å². The van der Waals surface area contributed by atoms with Gasteiger partial charge in [0.1, 0.15) is 12.4 Å². The standard InChI is InChI=1S/C29H36N2O4/c1-21(2)30(22(3)4)17-16-27(25-8-6-5-7-9-25)28-18-24(19-32)12-15-29(28)35-20-23-10-13-26(14-11-23)31(33)34/h5-15,18,21-22,27,32H,16-17,19-20H2,1-4H3/t27-/m1/s1. The quantitative estimate of drug-likeness (QED) is 0.245. The predicted octanol–water partition coefficient (Wildman–Crippen LogP) is 6.31. The van der Waals surface area contributed by atoms with Gasteiger partial charge in [-0.15, -0.1) is 0 Å². The molecule has 0 aliphatic heterocycles. The molecule has 0 aliphatic rings. The van der Waals surface area contributed by atoms with E-state index in [2.05, 4.69) is 56.9 Å². The third-order valence-corrected chi connectivity index (χ3v) is 6.38. The summed E-state index contributed by atoms with van der Waals surface area (Å²) in [5.41, 5.74) is 4.00. The Morgan fingerprint density at radius 3 is 2.11 bits per heavy atom. The molecule has 0 aromatic heterocycles. The number of hydrogen-bond donors (Lipinski definition) is 1. The van der Waals surface area contributed by atoms with Gasteiger partial charge in [0, 0.05) is 35.7 Å². The van der Waals surface area contributed by atoms with Crippen molar-refractivity contribution in [1.29, 1.82) is 0 Å². The van der Waals surface area contributed by atoms with Gasteiger partial charge in [-0.1, -0.05) is 36.4 Å².